The average molecular weight is 288 g/mol. The highest BCUT2D eigenvalue weighted by atomic mass is 16.5. The predicted molar refractivity (Wildman–Crippen MR) is 84.7 cm³/mol. The second-order valence-corrected chi connectivity index (χ2v) is 4.74. The van der Waals surface area contributed by atoms with Crippen LogP contribution in [0.2, 0.25) is 0 Å². The lowest BCUT2D eigenvalue weighted by atomic mass is 10.2. The molecule has 0 aliphatic rings. The molecule has 0 unspecified atom stereocenters. The molecule has 7 nitrogen and oxygen atoms in total. The van der Waals surface area contributed by atoms with Crippen molar-refractivity contribution in [3.8, 4) is 5.75 Å². The minimum absolute atomic E-state index is 0.489. The van der Waals surface area contributed by atoms with Gasteiger partial charge in [-0.1, -0.05) is 0 Å². The van der Waals surface area contributed by atoms with Gasteiger partial charge in [0.05, 0.1) is 7.11 Å². The van der Waals surface area contributed by atoms with E-state index in [2.05, 4.69) is 25.6 Å². The molecule has 0 fully saturated rings. The molecule has 0 atom stereocenters. The quantitative estimate of drug-likeness (QED) is 0.872. The Morgan fingerprint density at radius 1 is 1.10 bits per heavy atom. The number of ether oxygens (including phenoxy) is 1. The lowest BCUT2D eigenvalue weighted by Crippen LogP contribution is -2.15. The zero-order chi connectivity index (χ0) is 15.4. The maximum Gasteiger partial charge on any atom is 0.233 e. The molecule has 0 spiro atoms. The Morgan fingerprint density at radius 2 is 1.81 bits per heavy atom. The molecule has 21 heavy (non-hydrogen) atoms. The summed E-state index contributed by atoms with van der Waals surface area (Å²) in [6.45, 7) is 1.99. The summed E-state index contributed by atoms with van der Waals surface area (Å²) in [6.07, 6.45) is 0. The Labute approximate surface area is 124 Å². The van der Waals surface area contributed by atoms with Gasteiger partial charge in [-0.2, -0.15) is 15.0 Å². The van der Waals surface area contributed by atoms with Crippen LogP contribution in [-0.4, -0.2) is 43.2 Å². The summed E-state index contributed by atoms with van der Waals surface area (Å²) in [6, 6.07) is 5.81. The summed E-state index contributed by atoms with van der Waals surface area (Å²) in [5.41, 5.74) is 1.93. The van der Waals surface area contributed by atoms with E-state index in [4.69, 9.17) is 4.74 Å². The van der Waals surface area contributed by atoms with Crippen LogP contribution in [0.5, 0.6) is 5.75 Å². The number of anilines is 4. The van der Waals surface area contributed by atoms with Crippen molar-refractivity contribution in [2.45, 2.75) is 6.92 Å². The zero-order valence-electron chi connectivity index (χ0n) is 12.9. The third kappa shape index (κ3) is 3.50. The molecule has 0 aliphatic heterocycles. The first-order valence-electron chi connectivity index (χ1n) is 6.56. The molecular weight excluding hydrogens is 268 g/mol. The van der Waals surface area contributed by atoms with Gasteiger partial charge in [-0.15, -0.1) is 0 Å². The van der Waals surface area contributed by atoms with Crippen molar-refractivity contribution >= 4 is 23.5 Å². The third-order valence-corrected chi connectivity index (χ3v) is 2.90. The number of nitrogens with zero attached hydrogens (tertiary/aromatic N) is 4. The zero-order valence-corrected chi connectivity index (χ0v) is 12.9. The Bertz CT molecular complexity index is 629. The first kappa shape index (κ1) is 14.8. The van der Waals surface area contributed by atoms with Gasteiger partial charge in [0, 0.05) is 26.8 Å². The van der Waals surface area contributed by atoms with Crippen LogP contribution in [0.1, 0.15) is 5.56 Å². The summed E-state index contributed by atoms with van der Waals surface area (Å²) in [5.74, 6) is 2.44. The van der Waals surface area contributed by atoms with E-state index in [0.29, 0.717) is 17.8 Å². The monoisotopic (exact) mass is 288 g/mol. The van der Waals surface area contributed by atoms with Gasteiger partial charge in [-0.3, -0.25) is 0 Å². The fourth-order valence-corrected chi connectivity index (χ4v) is 1.82. The first-order chi connectivity index (χ1) is 10.0. The average Bonchev–Trinajstić information content (AvgIpc) is 2.47. The number of hydrogen-bond donors (Lipinski definition) is 2. The van der Waals surface area contributed by atoms with Crippen LogP contribution >= 0.6 is 0 Å². The normalized spacial score (nSPS) is 10.1. The molecule has 0 radical (unpaired) electrons. The smallest absolute Gasteiger partial charge is 0.233 e. The highest BCUT2D eigenvalue weighted by Gasteiger charge is 2.08. The van der Waals surface area contributed by atoms with Gasteiger partial charge >= 0.3 is 0 Å². The van der Waals surface area contributed by atoms with Crippen molar-refractivity contribution in [2.75, 3.05) is 43.8 Å². The molecule has 0 bridgehead atoms. The molecule has 7 heteroatoms. The summed E-state index contributed by atoms with van der Waals surface area (Å²) in [4.78, 5) is 14.8. The van der Waals surface area contributed by atoms with Crippen molar-refractivity contribution < 1.29 is 4.74 Å². The van der Waals surface area contributed by atoms with Crippen LogP contribution in [0.3, 0.4) is 0 Å². The van der Waals surface area contributed by atoms with E-state index in [1.165, 1.54) is 0 Å². The fraction of sp³-hybridized carbons (Fsp3) is 0.357. The Kier molecular flexibility index (Phi) is 4.42. The van der Waals surface area contributed by atoms with Crippen LogP contribution in [-0.2, 0) is 0 Å². The van der Waals surface area contributed by atoms with Crippen molar-refractivity contribution in [3.05, 3.63) is 23.8 Å². The second kappa shape index (κ2) is 6.25. The lowest BCUT2D eigenvalue weighted by Gasteiger charge is -2.14. The molecule has 0 saturated carbocycles. The van der Waals surface area contributed by atoms with Gasteiger partial charge in [-0.25, -0.2) is 0 Å². The number of methoxy groups -OCH3 is 1. The number of nitrogens with one attached hydrogen (secondary N) is 2. The SMILES string of the molecule is CNc1nc(Nc2ccc(OC)c(C)c2)nc(N(C)C)n1. The molecule has 2 aromatic rings. The van der Waals surface area contributed by atoms with E-state index in [1.54, 1.807) is 14.2 Å². The number of hydrogen-bond acceptors (Lipinski definition) is 7. The molecule has 1 aromatic carbocycles. The van der Waals surface area contributed by atoms with Crippen LogP contribution in [0, 0.1) is 6.92 Å². The minimum atomic E-state index is 0.489. The molecular formula is C14H20N6O. The van der Waals surface area contributed by atoms with E-state index >= 15 is 0 Å². The van der Waals surface area contributed by atoms with E-state index in [1.807, 2.05) is 44.1 Å². The lowest BCUT2D eigenvalue weighted by molar-refractivity contribution is 0.412. The maximum absolute atomic E-state index is 5.25. The predicted octanol–water partition coefficient (Wildman–Crippen LogP) is 2.04. The van der Waals surface area contributed by atoms with Crippen molar-refractivity contribution in [1.29, 1.82) is 0 Å². The largest absolute Gasteiger partial charge is 0.496 e. The van der Waals surface area contributed by atoms with Gasteiger partial charge < -0.3 is 20.3 Å². The summed E-state index contributed by atoms with van der Waals surface area (Å²) < 4.78 is 5.25. The highest BCUT2D eigenvalue weighted by Crippen LogP contribution is 2.23. The van der Waals surface area contributed by atoms with Crippen molar-refractivity contribution in [2.24, 2.45) is 0 Å². The molecule has 112 valence electrons. The molecule has 2 rings (SSSR count). The Morgan fingerprint density at radius 3 is 2.38 bits per heavy atom. The van der Waals surface area contributed by atoms with Crippen LogP contribution in [0.15, 0.2) is 18.2 Å². The van der Waals surface area contributed by atoms with Gasteiger partial charge in [0.1, 0.15) is 5.75 Å². The van der Waals surface area contributed by atoms with Crippen molar-refractivity contribution in [3.63, 3.8) is 0 Å². The van der Waals surface area contributed by atoms with E-state index in [0.717, 1.165) is 17.0 Å². The fourth-order valence-electron chi connectivity index (χ4n) is 1.82. The Balaban J connectivity index is 2.30. The van der Waals surface area contributed by atoms with Gasteiger partial charge in [0.25, 0.3) is 0 Å². The summed E-state index contributed by atoms with van der Waals surface area (Å²) in [5, 5.41) is 6.11. The van der Waals surface area contributed by atoms with Crippen LogP contribution in [0.4, 0.5) is 23.5 Å². The van der Waals surface area contributed by atoms with E-state index in [9.17, 15) is 0 Å². The molecule has 0 saturated heterocycles. The molecule has 2 N–H and O–H groups in total. The molecule has 0 aliphatic carbocycles. The number of aromatic nitrogens is 3. The molecule has 1 aromatic heterocycles. The number of rotatable bonds is 5. The molecule has 1 heterocycles. The second-order valence-electron chi connectivity index (χ2n) is 4.74. The van der Waals surface area contributed by atoms with Crippen LogP contribution < -0.4 is 20.3 Å². The van der Waals surface area contributed by atoms with Crippen LogP contribution in [0.25, 0.3) is 0 Å². The highest BCUT2D eigenvalue weighted by molar-refractivity contribution is 5.58. The van der Waals surface area contributed by atoms with Crippen molar-refractivity contribution in [1.82, 2.24) is 15.0 Å². The summed E-state index contributed by atoms with van der Waals surface area (Å²) in [7, 11) is 7.20. The van der Waals surface area contributed by atoms with E-state index < -0.39 is 0 Å². The summed E-state index contributed by atoms with van der Waals surface area (Å²) >= 11 is 0. The maximum atomic E-state index is 5.25. The molecule has 0 amide bonds. The number of benzene rings is 1. The van der Waals surface area contributed by atoms with Gasteiger partial charge in [-0.05, 0) is 30.7 Å². The first-order valence-corrected chi connectivity index (χ1v) is 6.56. The number of aryl methyl sites for hydroxylation is 1. The minimum Gasteiger partial charge on any atom is -0.496 e. The van der Waals surface area contributed by atoms with Gasteiger partial charge in [0.2, 0.25) is 17.8 Å². The Hall–Kier alpha value is -2.57. The van der Waals surface area contributed by atoms with Gasteiger partial charge in [0.15, 0.2) is 0 Å². The topological polar surface area (TPSA) is 75.2 Å². The third-order valence-electron chi connectivity index (χ3n) is 2.90. The standard InChI is InChI=1S/C14H20N6O/c1-9-8-10(6-7-11(9)21-5)16-13-17-12(15-2)18-14(19-13)20(3)4/h6-8H,1-5H3,(H2,15,16,17,18,19). The van der Waals surface area contributed by atoms with E-state index in [-0.39, 0.29) is 0 Å².